The Morgan fingerprint density at radius 2 is 2.00 bits per heavy atom. The first kappa shape index (κ1) is 13.7. The number of alkyl halides is 3. The van der Waals surface area contributed by atoms with Crippen LogP contribution in [0, 0.1) is 0 Å². The van der Waals surface area contributed by atoms with Gasteiger partial charge in [-0.25, -0.2) is 0 Å². The summed E-state index contributed by atoms with van der Waals surface area (Å²) in [5, 5.41) is 2.54. The van der Waals surface area contributed by atoms with E-state index in [1.54, 1.807) is 0 Å². The van der Waals surface area contributed by atoms with Gasteiger partial charge < -0.3 is 14.8 Å². The third-order valence-electron chi connectivity index (χ3n) is 2.63. The standard InChI is InChI=1S/C12H12F3NO3/c1-16-6-8(17)10-7(12(13,14)15)2-3-9-11(10)19-5-4-18-9/h2-3,16H,4-6H2,1H3. The van der Waals surface area contributed by atoms with Gasteiger partial charge in [-0.05, 0) is 19.2 Å². The van der Waals surface area contributed by atoms with E-state index in [-0.39, 0.29) is 31.3 Å². The zero-order valence-electron chi connectivity index (χ0n) is 10.1. The lowest BCUT2D eigenvalue weighted by atomic mass is 10.0. The number of carbonyl (C=O) groups excluding carboxylic acids is 1. The van der Waals surface area contributed by atoms with Crippen molar-refractivity contribution in [2.75, 3.05) is 26.8 Å². The molecule has 2 rings (SSSR count). The normalized spacial score (nSPS) is 14.3. The van der Waals surface area contributed by atoms with E-state index in [4.69, 9.17) is 9.47 Å². The van der Waals surface area contributed by atoms with E-state index < -0.39 is 23.1 Å². The van der Waals surface area contributed by atoms with Gasteiger partial charge in [0.2, 0.25) is 0 Å². The molecule has 1 aliphatic heterocycles. The van der Waals surface area contributed by atoms with Crippen LogP contribution in [0.15, 0.2) is 12.1 Å². The van der Waals surface area contributed by atoms with Crippen LogP contribution in [0.4, 0.5) is 13.2 Å². The maximum absolute atomic E-state index is 13.0. The molecule has 0 aromatic heterocycles. The van der Waals surface area contributed by atoms with Crippen LogP contribution in [0.25, 0.3) is 0 Å². The number of ether oxygens (including phenoxy) is 2. The second-order valence-electron chi connectivity index (χ2n) is 3.96. The Balaban J connectivity index is 2.59. The molecule has 104 valence electrons. The summed E-state index contributed by atoms with van der Waals surface area (Å²) < 4.78 is 49.2. The Hall–Kier alpha value is -1.76. The van der Waals surface area contributed by atoms with E-state index in [0.717, 1.165) is 6.07 Å². The Bertz CT molecular complexity index is 500. The Kier molecular flexibility index (Phi) is 3.66. The van der Waals surface area contributed by atoms with E-state index in [9.17, 15) is 18.0 Å². The minimum atomic E-state index is -4.62. The fourth-order valence-corrected chi connectivity index (χ4v) is 1.88. The molecule has 0 bridgehead atoms. The maximum atomic E-state index is 13.0. The lowest BCUT2D eigenvalue weighted by Crippen LogP contribution is -2.25. The molecule has 0 aliphatic carbocycles. The molecule has 0 atom stereocenters. The van der Waals surface area contributed by atoms with Crippen molar-refractivity contribution >= 4 is 5.78 Å². The molecule has 1 N–H and O–H groups in total. The number of hydrogen-bond donors (Lipinski definition) is 1. The third-order valence-corrected chi connectivity index (χ3v) is 2.63. The van der Waals surface area contributed by atoms with Crippen LogP contribution >= 0.6 is 0 Å². The van der Waals surface area contributed by atoms with Crippen molar-refractivity contribution in [2.24, 2.45) is 0 Å². The van der Waals surface area contributed by atoms with Crippen molar-refractivity contribution in [3.8, 4) is 11.5 Å². The summed E-state index contributed by atoms with van der Waals surface area (Å²) in [5.41, 5.74) is -1.48. The van der Waals surface area contributed by atoms with Gasteiger partial charge >= 0.3 is 6.18 Å². The number of benzene rings is 1. The second-order valence-corrected chi connectivity index (χ2v) is 3.96. The van der Waals surface area contributed by atoms with Crippen LogP contribution in [0.2, 0.25) is 0 Å². The predicted octanol–water partition coefficient (Wildman–Crippen LogP) is 1.88. The van der Waals surface area contributed by atoms with Gasteiger partial charge in [0, 0.05) is 0 Å². The summed E-state index contributed by atoms with van der Waals surface area (Å²) in [6.07, 6.45) is -4.62. The molecule has 1 aliphatic rings. The molecular weight excluding hydrogens is 263 g/mol. The van der Waals surface area contributed by atoms with Crippen LogP contribution in [0.1, 0.15) is 15.9 Å². The fourth-order valence-electron chi connectivity index (χ4n) is 1.88. The highest BCUT2D eigenvalue weighted by Crippen LogP contribution is 2.42. The first-order chi connectivity index (χ1) is 8.95. The van der Waals surface area contributed by atoms with Crippen LogP contribution in [-0.2, 0) is 6.18 Å². The Morgan fingerprint density at radius 1 is 1.32 bits per heavy atom. The van der Waals surface area contributed by atoms with Crippen molar-refractivity contribution in [2.45, 2.75) is 6.18 Å². The molecule has 0 saturated heterocycles. The molecular formula is C12H12F3NO3. The molecule has 19 heavy (non-hydrogen) atoms. The van der Waals surface area contributed by atoms with Gasteiger partial charge in [-0.15, -0.1) is 0 Å². The fraction of sp³-hybridized carbons (Fsp3) is 0.417. The number of likely N-dealkylation sites (N-methyl/N-ethyl adjacent to an activating group) is 1. The number of Topliss-reactive ketones (excluding diaryl/α,β-unsaturated/α-hetero) is 1. The van der Waals surface area contributed by atoms with Crippen molar-refractivity contribution < 1.29 is 27.4 Å². The van der Waals surface area contributed by atoms with Gasteiger partial charge in [-0.3, -0.25) is 4.79 Å². The average molecular weight is 275 g/mol. The molecule has 0 unspecified atom stereocenters. The highest BCUT2D eigenvalue weighted by atomic mass is 19.4. The summed E-state index contributed by atoms with van der Waals surface area (Å²) in [5.74, 6) is -0.641. The number of halogens is 3. The smallest absolute Gasteiger partial charge is 0.417 e. The lowest BCUT2D eigenvalue weighted by Gasteiger charge is -2.23. The lowest BCUT2D eigenvalue weighted by molar-refractivity contribution is -0.138. The number of hydrogen-bond acceptors (Lipinski definition) is 4. The third kappa shape index (κ3) is 2.65. The van der Waals surface area contributed by atoms with E-state index in [2.05, 4.69) is 5.32 Å². The van der Waals surface area contributed by atoms with E-state index >= 15 is 0 Å². The number of fused-ring (bicyclic) bond motifs is 1. The van der Waals surface area contributed by atoms with Crippen molar-refractivity contribution in [3.63, 3.8) is 0 Å². The summed E-state index contributed by atoms with van der Waals surface area (Å²) in [4.78, 5) is 11.9. The van der Waals surface area contributed by atoms with Crippen molar-refractivity contribution in [3.05, 3.63) is 23.3 Å². The topological polar surface area (TPSA) is 47.6 Å². The van der Waals surface area contributed by atoms with Gasteiger partial charge in [0.05, 0.1) is 17.7 Å². The minimum absolute atomic E-state index is 0.119. The quantitative estimate of drug-likeness (QED) is 0.856. The van der Waals surface area contributed by atoms with Gasteiger partial charge in [0.15, 0.2) is 17.3 Å². The molecule has 4 nitrogen and oxygen atoms in total. The Morgan fingerprint density at radius 3 is 2.63 bits per heavy atom. The van der Waals surface area contributed by atoms with E-state index in [0.29, 0.717) is 0 Å². The van der Waals surface area contributed by atoms with Gasteiger partial charge in [0.25, 0.3) is 0 Å². The zero-order chi connectivity index (χ0) is 14.0. The monoisotopic (exact) mass is 275 g/mol. The van der Waals surface area contributed by atoms with Crippen LogP contribution in [0.3, 0.4) is 0 Å². The second kappa shape index (κ2) is 5.08. The SMILES string of the molecule is CNCC(=O)c1c(C(F)(F)F)ccc2c1OCCO2. The molecule has 1 aromatic rings. The minimum Gasteiger partial charge on any atom is -0.486 e. The van der Waals surface area contributed by atoms with Crippen LogP contribution < -0.4 is 14.8 Å². The number of rotatable bonds is 3. The zero-order valence-corrected chi connectivity index (χ0v) is 10.1. The molecule has 0 saturated carbocycles. The molecule has 1 heterocycles. The highest BCUT2D eigenvalue weighted by molar-refractivity contribution is 6.02. The number of carbonyl (C=O) groups is 1. The highest BCUT2D eigenvalue weighted by Gasteiger charge is 2.38. The number of ketones is 1. The molecule has 7 heteroatoms. The van der Waals surface area contributed by atoms with Gasteiger partial charge in [-0.1, -0.05) is 0 Å². The molecule has 1 aromatic carbocycles. The molecule has 0 radical (unpaired) electrons. The maximum Gasteiger partial charge on any atom is 0.417 e. The first-order valence-electron chi connectivity index (χ1n) is 5.62. The van der Waals surface area contributed by atoms with Crippen molar-refractivity contribution in [1.29, 1.82) is 0 Å². The molecule has 0 fully saturated rings. The summed E-state index contributed by atoms with van der Waals surface area (Å²) in [6.45, 7) is 0.162. The average Bonchev–Trinajstić information content (AvgIpc) is 2.36. The van der Waals surface area contributed by atoms with Crippen LogP contribution in [-0.4, -0.2) is 32.6 Å². The summed E-state index contributed by atoms with van der Waals surface area (Å²) in [7, 11) is 1.48. The Labute approximate surface area is 107 Å². The predicted molar refractivity (Wildman–Crippen MR) is 60.7 cm³/mol. The first-order valence-corrected chi connectivity index (χ1v) is 5.62. The van der Waals surface area contributed by atoms with Crippen LogP contribution in [0.5, 0.6) is 11.5 Å². The van der Waals surface area contributed by atoms with Gasteiger partial charge in [-0.2, -0.15) is 13.2 Å². The summed E-state index contributed by atoms with van der Waals surface area (Å²) in [6, 6.07) is 2.02. The van der Waals surface area contributed by atoms with E-state index in [1.807, 2.05) is 0 Å². The van der Waals surface area contributed by atoms with Crippen molar-refractivity contribution in [1.82, 2.24) is 5.32 Å². The number of nitrogens with one attached hydrogen (secondary N) is 1. The largest absolute Gasteiger partial charge is 0.486 e. The van der Waals surface area contributed by atoms with E-state index in [1.165, 1.54) is 13.1 Å². The molecule has 0 amide bonds. The van der Waals surface area contributed by atoms with Gasteiger partial charge in [0.1, 0.15) is 13.2 Å². The molecule has 0 spiro atoms. The summed E-state index contributed by atoms with van der Waals surface area (Å²) >= 11 is 0.